The van der Waals surface area contributed by atoms with E-state index < -0.39 is 0 Å². The van der Waals surface area contributed by atoms with Crippen LogP contribution in [0.25, 0.3) is 0 Å². The first kappa shape index (κ1) is 10.1. The number of halogens is 1. The predicted molar refractivity (Wildman–Crippen MR) is 54.7 cm³/mol. The monoisotopic (exact) mass is 239 g/mol. The second-order valence-electron chi connectivity index (χ2n) is 2.71. The molecule has 0 aliphatic carbocycles. The Morgan fingerprint density at radius 2 is 2.23 bits per heavy atom. The molecule has 3 heteroatoms. The van der Waals surface area contributed by atoms with E-state index in [1.54, 1.807) is 7.11 Å². The fourth-order valence-corrected chi connectivity index (χ4v) is 1.62. The molecule has 13 heavy (non-hydrogen) atoms. The molecule has 0 aromatic heterocycles. The Hall–Kier alpha value is -1.01. The van der Waals surface area contributed by atoms with Crippen molar-refractivity contribution in [2.24, 2.45) is 0 Å². The van der Waals surface area contributed by atoms with Crippen molar-refractivity contribution >= 4 is 15.9 Å². The van der Waals surface area contributed by atoms with Crippen molar-refractivity contribution in [1.82, 2.24) is 0 Å². The molecule has 68 valence electrons. The van der Waals surface area contributed by atoms with Crippen molar-refractivity contribution < 1.29 is 4.74 Å². The average molecular weight is 240 g/mol. The molecular weight excluding hydrogens is 230 g/mol. The van der Waals surface area contributed by atoms with Crippen molar-refractivity contribution in [2.45, 2.75) is 13.3 Å². The fraction of sp³-hybridized carbons (Fsp3) is 0.300. The van der Waals surface area contributed by atoms with Gasteiger partial charge < -0.3 is 4.74 Å². The van der Waals surface area contributed by atoms with E-state index in [9.17, 15) is 0 Å². The van der Waals surface area contributed by atoms with E-state index in [0.29, 0.717) is 6.42 Å². The van der Waals surface area contributed by atoms with E-state index in [2.05, 4.69) is 22.0 Å². The minimum Gasteiger partial charge on any atom is -0.496 e. The van der Waals surface area contributed by atoms with E-state index in [0.717, 1.165) is 21.3 Å². The molecule has 0 atom stereocenters. The minimum absolute atomic E-state index is 0.367. The molecule has 0 N–H and O–H groups in total. The zero-order chi connectivity index (χ0) is 9.84. The Labute approximate surface area is 86.3 Å². The number of benzene rings is 1. The SMILES string of the molecule is COc1ccc(C)c(Br)c1CC#N. The van der Waals surface area contributed by atoms with Gasteiger partial charge in [0.25, 0.3) is 0 Å². The number of rotatable bonds is 2. The highest BCUT2D eigenvalue weighted by atomic mass is 79.9. The molecule has 0 fully saturated rings. The van der Waals surface area contributed by atoms with E-state index in [1.165, 1.54) is 0 Å². The standard InChI is InChI=1S/C10H10BrNO/c1-7-3-4-9(13-2)8(5-6-12)10(7)11/h3-4H,5H2,1-2H3. The Kier molecular flexibility index (Phi) is 3.32. The summed E-state index contributed by atoms with van der Waals surface area (Å²) in [5.41, 5.74) is 2.04. The molecule has 2 nitrogen and oxygen atoms in total. The van der Waals surface area contributed by atoms with E-state index in [1.807, 2.05) is 19.1 Å². The summed E-state index contributed by atoms with van der Waals surface area (Å²) < 4.78 is 6.12. The lowest BCUT2D eigenvalue weighted by atomic mass is 10.1. The van der Waals surface area contributed by atoms with Gasteiger partial charge >= 0.3 is 0 Å². The topological polar surface area (TPSA) is 33.0 Å². The van der Waals surface area contributed by atoms with E-state index in [4.69, 9.17) is 10.00 Å². The molecule has 0 spiro atoms. The van der Waals surface area contributed by atoms with Crippen LogP contribution in [0.4, 0.5) is 0 Å². The normalized spacial score (nSPS) is 9.38. The highest BCUT2D eigenvalue weighted by Crippen LogP contribution is 2.29. The summed E-state index contributed by atoms with van der Waals surface area (Å²) in [4.78, 5) is 0. The Morgan fingerprint density at radius 3 is 2.77 bits per heavy atom. The molecule has 0 bridgehead atoms. The van der Waals surface area contributed by atoms with E-state index >= 15 is 0 Å². The number of nitriles is 1. The largest absolute Gasteiger partial charge is 0.496 e. The highest BCUT2D eigenvalue weighted by molar-refractivity contribution is 9.10. The zero-order valence-electron chi connectivity index (χ0n) is 7.60. The van der Waals surface area contributed by atoms with Gasteiger partial charge in [-0.2, -0.15) is 5.26 Å². The first-order chi connectivity index (χ1) is 6.20. The second-order valence-corrected chi connectivity index (χ2v) is 3.51. The van der Waals surface area contributed by atoms with Gasteiger partial charge in [-0.1, -0.05) is 22.0 Å². The maximum absolute atomic E-state index is 8.63. The van der Waals surface area contributed by atoms with Crippen LogP contribution in [0.1, 0.15) is 11.1 Å². The summed E-state index contributed by atoms with van der Waals surface area (Å²) >= 11 is 3.44. The van der Waals surface area contributed by atoms with Crippen LogP contribution in [0.15, 0.2) is 16.6 Å². The summed E-state index contributed by atoms with van der Waals surface area (Å²) in [5, 5.41) is 8.63. The third-order valence-corrected chi connectivity index (χ3v) is 2.97. The van der Waals surface area contributed by atoms with Crippen LogP contribution in [-0.2, 0) is 6.42 Å². The average Bonchev–Trinajstić information content (AvgIpc) is 2.14. The predicted octanol–water partition coefficient (Wildman–Crippen LogP) is 2.83. The van der Waals surface area contributed by atoms with Gasteiger partial charge in [-0.25, -0.2) is 0 Å². The maximum atomic E-state index is 8.63. The van der Waals surface area contributed by atoms with Crippen LogP contribution in [0.5, 0.6) is 5.75 Å². The summed E-state index contributed by atoms with van der Waals surface area (Å²) in [5.74, 6) is 0.763. The number of nitrogens with zero attached hydrogens (tertiary/aromatic N) is 1. The van der Waals surface area contributed by atoms with Gasteiger partial charge in [-0.05, 0) is 18.6 Å². The molecule has 0 saturated heterocycles. The summed E-state index contributed by atoms with van der Waals surface area (Å²) in [7, 11) is 1.61. The van der Waals surface area contributed by atoms with Crippen molar-refractivity contribution in [3.8, 4) is 11.8 Å². The first-order valence-corrected chi connectivity index (χ1v) is 4.69. The van der Waals surface area contributed by atoms with E-state index in [-0.39, 0.29) is 0 Å². The Morgan fingerprint density at radius 1 is 1.54 bits per heavy atom. The van der Waals surface area contributed by atoms with Crippen LogP contribution < -0.4 is 4.74 Å². The van der Waals surface area contributed by atoms with Gasteiger partial charge in [-0.3, -0.25) is 0 Å². The van der Waals surface area contributed by atoms with Crippen LogP contribution in [0.2, 0.25) is 0 Å². The molecule has 1 aromatic carbocycles. The first-order valence-electron chi connectivity index (χ1n) is 3.89. The molecule has 0 heterocycles. The molecule has 1 aromatic rings. The molecule has 0 aliphatic rings. The number of hydrogen-bond acceptors (Lipinski definition) is 2. The third kappa shape index (κ3) is 2.02. The van der Waals surface area contributed by atoms with Gasteiger partial charge in [0.1, 0.15) is 5.75 Å². The number of ether oxygens (including phenoxy) is 1. The van der Waals surface area contributed by atoms with Gasteiger partial charge in [0, 0.05) is 10.0 Å². The van der Waals surface area contributed by atoms with Crippen molar-refractivity contribution in [1.29, 1.82) is 5.26 Å². The number of methoxy groups -OCH3 is 1. The molecule has 1 rings (SSSR count). The van der Waals surface area contributed by atoms with Crippen LogP contribution in [-0.4, -0.2) is 7.11 Å². The van der Waals surface area contributed by atoms with Gasteiger partial charge in [0.2, 0.25) is 0 Å². The van der Waals surface area contributed by atoms with Crippen LogP contribution >= 0.6 is 15.9 Å². The quantitative estimate of drug-likeness (QED) is 0.796. The van der Waals surface area contributed by atoms with Gasteiger partial charge in [0.05, 0.1) is 19.6 Å². The number of aryl methyl sites for hydroxylation is 1. The second kappa shape index (κ2) is 4.29. The smallest absolute Gasteiger partial charge is 0.124 e. The van der Waals surface area contributed by atoms with Crippen molar-refractivity contribution in [3.63, 3.8) is 0 Å². The van der Waals surface area contributed by atoms with Crippen molar-refractivity contribution in [2.75, 3.05) is 7.11 Å². The zero-order valence-corrected chi connectivity index (χ0v) is 9.18. The maximum Gasteiger partial charge on any atom is 0.124 e. The molecular formula is C10H10BrNO. The van der Waals surface area contributed by atoms with Crippen LogP contribution in [0, 0.1) is 18.3 Å². The summed E-state index contributed by atoms with van der Waals surface area (Å²) in [6.45, 7) is 1.99. The summed E-state index contributed by atoms with van der Waals surface area (Å²) in [6.07, 6.45) is 0.367. The molecule has 0 radical (unpaired) electrons. The molecule has 0 unspecified atom stereocenters. The molecule has 0 amide bonds. The Balaban J connectivity index is 3.25. The molecule has 0 aliphatic heterocycles. The van der Waals surface area contributed by atoms with Gasteiger partial charge in [0.15, 0.2) is 0 Å². The third-order valence-electron chi connectivity index (χ3n) is 1.87. The van der Waals surface area contributed by atoms with Crippen LogP contribution in [0.3, 0.4) is 0 Å². The van der Waals surface area contributed by atoms with Gasteiger partial charge in [-0.15, -0.1) is 0 Å². The minimum atomic E-state index is 0.367. The lowest BCUT2D eigenvalue weighted by Gasteiger charge is -2.09. The highest BCUT2D eigenvalue weighted by Gasteiger charge is 2.08. The molecule has 0 saturated carbocycles. The Bertz CT molecular complexity index is 355. The lowest BCUT2D eigenvalue weighted by Crippen LogP contribution is -1.94. The lowest BCUT2D eigenvalue weighted by molar-refractivity contribution is 0.410. The fourth-order valence-electron chi connectivity index (χ4n) is 1.16. The summed E-state index contributed by atoms with van der Waals surface area (Å²) in [6, 6.07) is 5.96. The van der Waals surface area contributed by atoms with Crippen molar-refractivity contribution in [3.05, 3.63) is 27.7 Å². The number of hydrogen-bond donors (Lipinski definition) is 0.